The molecule has 1 N–H and O–H groups in total. The number of thiophene rings is 1. The number of esters is 1. The second-order valence-electron chi connectivity index (χ2n) is 6.05. The number of methoxy groups -OCH3 is 1. The van der Waals surface area contributed by atoms with Gasteiger partial charge in [-0.15, -0.1) is 11.3 Å². The standard InChI is InChI=1S/C22H21NO5S/c1-26-17-9-11-18(12-10-17)27-15-21(25)28-14-20(24)23-22(19-8-5-13-29-19)16-6-3-2-4-7-16/h2-13,22H,14-15H2,1H3,(H,23,24)/t22-/m0/s1. The van der Waals surface area contributed by atoms with Crippen molar-refractivity contribution in [2.24, 2.45) is 0 Å². The van der Waals surface area contributed by atoms with Crippen molar-refractivity contribution >= 4 is 23.2 Å². The molecule has 150 valence electrons. The van der Waals surface area contributed by atoms with Gasteiger partial charge in [0, 0.05) is 4.88 Å². The highest BCUT2D eigenvalue weighted by Gasteiger charge is 2.18. The van der Waals surface area contributed by atoms with E-state index in [1.807, 2.05) is 47.8 Å². The second-order valence-corrected chi connectivity index (χ2v) is 7.03. The first-order chi connectivity index (χ1) is 14.2. The third kappa shape index (κ3) is 6.08. The van der Waals surface area contributed by atoms with Crippen molar-refractivity contribution in [1.29, 1.82) is 0 Å². The Hall–Kier alpha value is -3.32. The van der Waals surface area contributed by atoms with Crippen molar-refractivity contribution in [3.8, 4) is 11.5 Å². The predicted molar refractivity (Wildman–Crippen MR) is 110 cm³/mol. The molecule has 2 aromatic carbocycles. The lowest BCUT2D eigenvalue weighted by Gasteiger charge is -2.18. The van der Waals surface area contributed by atoms with E-state index in [0.29, 0.717) is 11.5 Å². The van der Waals surface area contributed by atoms with Gasteiger partial charge in [0.25, 0.3) is 5.91 Å². The lowest BCUT2D eigenvalue weighted by atomic mass is 10.1. The third-order valence-corrected chi connectivity index (χ3v) is 4.98. The zero-order valence-corrected chi connectivity index (χ0v) is 16.7. The summed E-state index contributed by atoms with van der Waals surface area (Å²) in [6.45, 7) is -0.661. The summed E-state index contributed by atoms with van der Waals surface area (Å²) in [5.41, 5.74) is 0.956. The van der Waals surface area contributed by atoms with Gasteiger partial charge < -0.3 is 19.5 Å². The van der Waals surface area contributed by atoms with E-state index in [1.54, 1.807) is 42.7 Å². The maximum atomic E-state index is 12.3. The Kier molecular flexibility index (Phi) is 7.24. The molecule has 0 radical (unpaired) electrons. The van der Waals surface area contributed by atoms with Gasteiger partial charge >= 0.3 is 5.97 Å². The van der Waals surface area contributed by atoms with Gasteiger partial charge in [-0.1, -0.05) is 36.4 Å². The van der Waals surface area contributed by atoms with Crippen molar-refractivity contribution in [3.05, 3.63) is 82.6 Å². The zero-order valence-electron chi connectivity index (χ0n) is 15.9. The molecule has 0 unspecified atom stereocenters. The van der Waals surface area contributed by atoms with Crippen LogP contribution in [0.1, 0.15) is 16.5 Å². The van der Waals surface area contributed by atoms with Crippen LogP contribution >= 0.6 is 11.3 Å². The summed E-state index contributed by atoms with van der Waals surface area (Å²) in [6, 6.07) is 20.0. The van der Waals surface area contributed by atoms with Gasteiger partial charge in [-0.3, -0.25) is 4.79 Å². The molecule has 0 fully saturated rings. The van der Waals surface area contributed by atoms with Crippen LogP contribution in [0.5, 0.6) is 11.5 Å². The largest absolute Gasteiger partial charge is 0.497 e. The Morgan fingerprint density at radius 2 is 1.66 bits per heavy atom. The maximum Gasteiger partial charge on any atom is 0.344 e. The Labute approximate surface area is 173 Å². The number of carbonyl (C=O) groups excluding carboxylic acids is 2. The van der Waals surface area contributed by atoms with E-state index < -0.39 is 5.97 Å². The highest BCUT2D eigenvalue weighted by Crippen LogP contribution is 2.25. The Balaban J connectivity index is 1.49. The van der Waals surface area contributed by atoms with Gasteiger partial charge in [0.15, 0.2) is 13.2 Å². The quantitative estimate of drug-likeness (QED) is 0.545. The third-order valence-electron chi connectivity index (χ3n) is 4.05. The lowest BCUT2D eigenvalue weighted by molar-refractivity contribution is -0.150. The summed E-state index contributed by atoms with van der Waals surface area (Å²) in [7, 11) is 1.57. The van der Waals surface area contributed by atoms with Crippen molar-refractivity contribution in [2.45, 2.75) is 6.04 Å². The highest BCUT2D eigenvalue weighted by molar-refractivity contribution is 7.10. The van der Waals surface area contributed by atoms with E-state index in [-0.39, 0.29) is 25.2 Å². The Bertz CT molecular complexity index is 910. The lowest BCUT2D eigenvalue weighted by Crippen LogP contribution is -2.33. The van der Waals surface area contributed by atoms with E-state index in [2.05, 4.69) is 5.32 Å². The van der Waals surface area contributed by atoms with Gasteiger partial charge in [-0.25, -0.2) is 4.79 Å². The number of nitrogens with one attached hydrogen (secondary N) is 1. The van der Waals surface area contributed by atoms with Gasteiger partial charge in [0.2, 0.25) is 0 Å². The predicted octanol–water partition coefficient (Wildman–Crippen LogP) is 3.58. The molecule has 3 rings (SSSR count). The normalized spacial score (nSPS) is 11.3. The first-order valence-electron chi connectivity index (χ1n) is 8.96. The van der Waals surface area contributed by atoms with Crippen LogP contribution in [0.25, 0.3) is 0 Å². The summed E-state index contributed by atoms with van der Waals surface area (Å²) in [4.78, 5) is 25.2. The smallest absolute Gasteiger partial charge is 0.344 e. The first kappa shape index (κ1) is 20.4. The van der Waals surface area contributed by atoms with Crippen LogP contribution in [0.3, 0.4) is 0 Å². The van der Waals surface area contributed by atoms with Crippen molar-refractivity contribution in [1.82, 2.24) is 5.32 Å². The fourth-order valence-corrected chi connectivity index (χ4v) is 3.43. The molecule has 0 aliphatic heterocycles. The fourth-order valence-electron chi connectivity index (χ4n) is 2.62. The highest BCUT2D eigenvalue weighted by atomic mass is 32.1. The molecule has 3 aromatic rings. The number of amides is 1. The molecule has 6 nitrogen and oxygen atoms in total. The molecule has 7 heteroatoms. The molecule has 0 spiro atoms. The monoisotopic (exact) mass is 411 g/mol. The van der Waals surface area contributed by atoms with Crippen LogP contribution in [0.4, 0.5) is 0 Å². The van der Waals surface area contributed by atoms with Crippen molar-refractivity contribution < 1.29 is 23.8 Å². The van der Waals surface area contributed by atoms with Crippen LogP contribution in [-0.4, -0.2) is 32.2 Å². The molecule has 1 aromatic heterocycles. The van der Waals surface area contributed by atoms with Crippen molar-refractivity contribution in [3.63, 3.8) is 0 Å². The minimum Gasteiger partial charge on any atom is -0.497 e. The van der Waals surface area contributed by atoms with Crippen LogP contribution in [0, 0.1) is 0 Å². The molecule has 29 heavy (non-hydrogen) atoms. The number of hydrogen-bond donors (Lipinski definition) is 1. The number of carbonyl (C=O) groups is 2. The van der Waals surface area contributed by atoms with E-state index in [1.165, 1.54) is 0 Å². The average molecular weight is 411 g/mol. The topological polar surface area (TPSA) is 73.9 Å². The molecule has 0 bridgehead atoms. The average Bonchev–Trinajstić information content (AvgIpc) is 3.30. The summed E-state index contributed by atoms with van der Waals surface area (Å²) in [5.74, 6) is 0.192. The van der Waals surface area contributed by atoms with Crippen LogP contribution in [-0.2, 0) is 14.3 Å². The molecule has 0 aliphatic rings. The molecular weight excluding hydrogens is 390 g/mol. The summed E-state index contributed by atoms with van der Waals surface area (Å²) in [6.07, 6.45) is 0. The van der Waals surface area contributed by atoms with E-state index >= 15 is 0 Å². The second kappa shape index (κ2) is 10.3. The molecule has 1 amide bonds. The molecule has 0 saturated carbocycles. The number of ether oxygens (including phenoxy) is 3. The Morgan fingerprint density at radius 1 is 0.931 bits per heavy atom. The minimum atomic E-state index is -0.622. The summed E-state index contributed by atoms with van der Waals surface area (Å²) < 4.78 is 15.4. The molecular formula is C22H21NO5S. The molecule has 1 atom stereocenters. The summed E-state index contributed by atoms with van der Waals surface area (Å²) >= 11 is 1.55. The SMILES string of the molecule is COc1ccc(OCC(=O)OCC(=O)N[C@@H](c2ccccc2)c2cccs2)cc1. The fraction of sp³-hybridized carbons (Fsp3) is 0.182. The van der Waals surface area contributed by atoms with Crippen LogP contribution < -0.4 is 14.8 Å². The molecule has 1 heterocycles. The van der Waals surface area contributed by atoms with Gasteiger partial charge in [-0.05, 0) is 41.3 Å². The van der Waals surface area contributed by atoms with E-state index in [4.69, 9.17) is 14.2 Å². The van der Waals surface area contributed by atoms with Crippen LogP contribution in [0.15, 0.2) is 72.1 Å². The molecule has 0 saturated heterocycles. The first-order valence-corrected chi connectivity index (χ1v) is 9.84. The van der Waals surface area contributed by atoms with E-state index in [9.17, 15) is 9.59 Å². The number of benzene rings is 2. The minimum absolute atomic E-state index is 0.285. The summed E-state index contributed by atoms with van der Waals surface area (Å²) in [5, 5.41) is 4.87. The Morgan fingerprint density at radius 3 is 2.31 bits per heavy atom. The van der Waals surface area contributed by atoms with Gasteiger partial charge in [0.05, 0.1) is 13.2 Å². The van der Waals surface area contributed by atoms with Crippen molar-refractivity contribution in [2.75, 3.05) is 20.3 Å². The number of rotatable bonds is 9. The van der Waals surface area contributed by atoms with E-state index in [0.717, 1.165) is 10.4 Å². The van der Waals surface area contributed by atoms with Gasteiger partial charge in [0.1, 0.15) is 11.5 Å². The maximum absolute atomic E-state index is 12.3. The van der Waals surface area contributed by atoms with Gasteiger partial charge in [-0.2, -0.15) is 0 Å². The molecule has 0 aliphatic carbocycles. The van der Waals surface area contributed by atoms with Crippen LogP contribution in [0.2, 0.25) is 0 Å². The zero-order chi connectivity index (χ0) is 20.5. The number of hydrogen-bond acceptors (Lipinski definition) is 6.